The molecule has 3 rings (SSSR count). The topological polar surface area (TPSA) is 29.9 Å². The fraction of sp³-hybridized carbons (Fsp3) is 0.812. The largest absolute Gasteiger partial charge is 0.312 e. The van der Waals surface area contributed by atoms with Gasteiger partial charge in [0, 0.05) is 13.1 Å². The van der Waals surface area contributed by atoms with E-state index < -0.39 is 0 Å². The second-order valence-electron chi connectivity index (χ2n) is 6.55. The fourth-order valence-electron chi connectivity index (χ4n) is 4.40. The molecule has 1 heterocycles. The SMILES string of the molecule is CCc1cc(C(CC2CC3CCC2C3)NC)n(C)n1. The molecule has 0 radical (unpaired) electrons. The number of nitrogens with zero attached hydrogens (tertiary/aromatic N) is 2. The third-order valence-electron chi connectivity index (χ3n) is 5.46. The average molecular weight is 261 g/mol. The normalized spacial score (nSPS) is 31.0. The van der Waals surface area contributed by atoms with Crippen LogP contribution >= 0.6 is 0 Å². The highest BCUT2D eigenvalue weighted by molar-refractivity contribution is 5.14. The van der Waals surface area contributed by atoms with Gasteiger partial charge in [-0.15, -0.1) is 0 Å². The van der Waals surface area contributed by atoms with Gasteiger partial charge in [0.25, 0.3) is 0 Å². The van der Waals surface area contributed by atoms with E-state index in [1.54, 1.807) is 0 Å². The Morgan fingerprint density at radius 3 is 2.79 bits per heavy atom. The molecule has 2 aliphatic rings. The Balaban J connectivity index is 1.71. The third-order valence-corrected chi connectivity index (χ3v) is 5.46. The van der Waals surface area contributed by atoms with Crippen LogP contribution in [0.3, 0.4) is 0 Å². The lowest BCUT2D eigenvalue weighted by atomic mass is 9.83. The first-order valence-corrected chi connectivity index (χ1v) is 7.91. The summed E-state index contributed by atoms with van der Waals surface area (Å²) in [6.45, 7) is 2.18. The van der Waals surface area contributed by atoms with E-state index in [1.807, 2.05) is 0 Å². The zero-order chi connectivity index (χ0) is 13.4. The fourth-order valence-corrected chi connectivity index (χ4v) is 4.40. The Morgan fingerprint density at radius 1 is 1.42 bits per heavy atom. The first kappa shape index (κ1) is 13.2. The van der Waals surface area contributed by atoms with Crippen LogP contribution in [0.1, 0.15) is 56.5 Å². The van der Waals surface area contributed by atoms with Gasteiger partial charge in [-0.05, 0) is 63.0 Å². The molecule has 0 aromatic carbocycles. The molecule has 0 amide bonds. The molecule has 0 spiro atoms. The van der Waals surface area contributed by atoms with Gasteiger partial charge in [0.15, 0.2) is 0 Å². The van der Waals surface area contributed by atoms with Crippen LogP contribution in [-0.4, -0.2) is 16.8 Å². The summed E-state index contributed by atoms with van der Waals surface area (Å²) in [7, 11) is 4.18. The predicted octanol–water partition coefficient (Wildman–Crippen LogP) is 3.07. The lowest BCUT2D eigenvalue weighted by Gasteiger charge is -2.26. The van der Waals surface area contributed by atoms with Crippen LogP contribution in [0.4, 0.5) is 0 Å². The second kappa shape index (κ2) is 5.28. The number of nitrogens with one attached hydrogen (secondary N) is 1. The van der Waals surface area contributed by atoms with E-state index in [9.17, 15) is 0 Å². The quantitative estimate of drug-likeness (QED) is 0.883. The smallest absolute Gasteiger partial charge is 0.0625 e. The summed E-state index contributed by atoms with van der Waals surface area (Å²) in [5.41, 5.74) is 2.58. The van der Waals surface area contributed by atoms with Crippen LogP contribution in [0.5, 0.6) is 0 Å². The lowest BCUT2D eigenvalue weighted by molar-refractivity contribution is 0.280. The molecule has 1 aromatic heterocycles. The molecule has 2 saturated carbocycles. The molecule has 0 aliphatic heterocycles. The van der Waals surface area contributed by atoms with Crippen LogP contribution in [0, 0.1) is 17.8 Å². The van der Waals surface area contributed by atoms with Crippen molar-refractivity contribution in [2.75, 3.05) is 7.05 Å². The maximum atomic E-state index is 4.60. The summed E-state index contributed by atoms with van der Waals surface area (Å²) in [4.78, 5) is 0. The van der Waals surface area contributed by atoms with E-state index in [-0.39, 0.29) is 0 Å². The average Bonchev–Trinajstić information content (AvgIpc) is 3.10. The minimum Gasteiger partial charge on any atom is -0.312 e. The van der Waals surface area contributed by atoms with Crippen molar-refractivity contribution in [1.29, 1.82) is 0 Å². The lowest BCUT2D eigenvalue weighted by Crippen LogP contribution is -2.24. The Morgan fingerprint density at radius 2 is 2.26 bits per heavy atom. The van der Waals surface area contributed by atoms with Gasteiger partial charge in [-0.3, -0.25) is 4.68 Å². The summed E-state index contributed by atoms with van der Waals surface area (Å²) >= 11 is 0. The van der Waals surface area contributed by atoms with E-state index >= 15 is 0 Å². The van der Waals surface area contributed by atoms with Crippen molar-refractivity contribution in [3.05, 3.63) is 17.5 Å². The van der Waals surface area contributed by atoms with Gasteiger partial charge in [-0.25, -0.2) is 0 Å². The summed E-state index contributed by atoms with van der Waals surface area (Å²) < 4.78 is 2.08. The van der Waals surface area contributed by atoms with Crippen LogP contribution in [0.25, 0.3) is 0 Å². The Labute approximate surface area is 116 Å². The van der Waals surface area contributed by atoms with E-state index in [1.165, 1.54) is 43.5 Å². The van der Waals surface area contributed by atoms with Crippen molar-refractivity contribution in [3.63, 3.8) is 0 Å². The first-order valence-electron chi connectivity index (χ1n) is 7.91. The standard InChI is InChI=1S/C16H27N3/c1-4-14-10-16(19(3)18-14)15(17-2)9-13-8-11-5-6-12(13)7-11/h10-13,15,17H,4-9H2,1-3H3. The molecular weight excluding hydrogens is 234 g/mol. The summed E-state index contributed by atoms with van der Waals surface area (Å²) in [5.74, 6) is 3.00. The highest BCUT2D eigenvalue weighted by Crippen LogP contribution is 2.50. The molecule has 106 valence electrons. The zero-order valence-corrected chi connectivity index (χ0v) is 12.5. The number of aromatic nitrogens is 2. The molecule has 2 aliphatic carbocycles. The Hall–Kier alpha value is -0.830. The second-order valence-corrected chi connectivity index (χ2v) is 6.55. The highest BCUT2D eigenvalue weighted by atomic mass is 15.3. The van der Waals surface area contributed by atoms with Gasteiger partial charge in [0.1, 0.15) is 0 Å². The minimum absolute atomic E-state index is 0.474. The zero-order valence-electron chi connectivity index (χ0n) is 12.5. The van der Waals surface area contributed by atoms with E-state index in [0.717, 1.165) is 24.2 Å². The number of rotatable bonds is 5. The van der Waals surface area contributed by atoms with Gasteiger partial charge >= 0.3 is 0 Å². The number of fused-ring (bicyclic) bond motifs is 2. The third kappa shape index (κ3) is 2.45. The summed E-state index contributed by atoms with van der Waals surface area (Å²) in [6, 6.07) is 2.76. The maximum absolute atomic E-state index is 4.60. The Kier molecular flexibility index (Phi) is 3.66. The highest BCUT2D eigenvalue weighted by Gasteiger charge is 2.40. The van der Waals surface area contributed by atoms with E-state index in [2.05, 4.69) is 42.2 Å². The van der Waals surface area contributed by atoms with Crippen molar-refractivity contribution in [2.45, 2.75) is 51.5 Å². The van der Waals surface area contributed by atoms with Gasteiger partial charge in [-0.1, -0.05) is 13.3 Å². The van der Waals surface area contributed by atoms with Gasteiger partial charge in [0.05, 0.1) is 11.4 Å². The molecule has 0 saturated heterocycles. The number of aryl methyl sites for hydroxylation is 2. The molecule has 2 bridgehead atoms. The Bertz CT molecular complexity index is 437. The van der Waals surface area contributed by atoms with Gasteiger partial charge < -0.3 is 5.32 Å². The monoisotopic (exact) mass is 261 g/mol. The van der Waals surface area contributed by atoms with Crippen LogP contribution < -0.4 is 5.32 Å². The van der Waals surface area contributed by atoms with Gasteiger partial charge in [-0.2, -0.15) is 5.10 Å². The van der Waals surface area contributed by atoms with E-state index in [4.69, 9.17) is 0 Å². The van der Waals surface area contributed by atoms with Crippen molar-refractivity contribution >= 4 is 0 Å². The maximum Gasteiger partial charge on any atom is 0.0625 e. The minimum atomic E-state index is 0.474. The number of hydrogen-bond acceptors (Lipinski definition) is 2. The number of hydrogen-bond donors (Lipinski definition) is 1. The van der Waals surface area contributed by atoms with Crippen LogP contribution in [-0.2, 0) is 13.5 Å². The molecule has 3 nitrogen and oxygen atoms in total. The molecular formula is C16H27N3. The molecule has 1 N–H and O–H groups in total. The molecule has 19 heavy (non-hydrogen) atoms. The van der Waals surface area contributed by atoms with Crippen molar-refractivity contribution in [2.24, 2.45) is 24.8 Å². The molecule has 2 fully saturated rings. The van der Waals surface area contributed by atoms with Gasteiger partial charge in [0.2, 0.25) is 0 Å². The van der Waals surface area contributed by atoms with Crippen LogP contribution in [0.15, 0.2) is 6.07 Å². The van der Waals surface area contributed by atoms with Crippen molar-refractivity contribution in [3.8, 4) is 0 Å². The summed E-state index contributed by atoms with van der Waals surface area (Å²) in [5, 5.41) is 8.12. The van der Waals surface area contributed by atoms with E-state index in [0.29, 0.717) is 6.04 Å². The molecule has 4 atom stereocenters. The van der Waals surface area contributed by atoms with Crippen molar-refractivity contribution < 1.29 is 0 Å². The van der Waals surface area contributed by atoms with Crippen molar-refractivity contribution in [1.82, 2.24) is 15.1 Å². The molecule has 3 heteroatoms. The predicted molar refractivity (Wildman–Crippen MR) is 77.9 cm³/mol. The first-order chi connectivity index (χ1) is 9.21. The molecule has 1 aromatic rings. The molecule has 4 unspecified atom stereocenters. The van der Waals surface area contributed by atoms with Crippen LogP contribution in [0.2, 0.25) is 0 Å². The summed E-state index contributed by atoms with van der Waals surface area (Å²) in [6.07, 6.45) is 8.28.